The van der Waals surface area contributed by atoms with E-state index >= 15 is 0 Å². The Bertz CT molecular complexity index is 443. The quantitative estimate of drug-likeness (QED) is 0.745. The highest BCUT2D eigenvalue weighted by Gasteiger charge is 2.57. The van der Waals surface area contributed by atoms with Crippen LogP contribution in [0.25, 0.3) is 0 Å². The topological polar surface area (TPSA) is 23.1 Å². The zero-order chi connectivity index (χ0) is 13.0. The van der Waals surface area contributed by atoms with Crippen LogP contribution in [0.5, 0.6) is 0 Å². The van der Waals surface area contributed by atoms with Gasteiger partial charge in [0, 0.05) is 19.3 Å². The Morgan fingerprint density at radius 1 is 0.947 bits per heavy atom. The van der Waals surface area contributed by atoms with Gasteiger partial charge in [-0.1, -0.05) is 17.7 Å². The molecule has 1 nitrogen and oxygen atoms in total. The molecular weight excluding hydrogens is 252 g/mol. The molecule has 19 heavy (non-hydrogen) atoms. The monoisotopic (exact) mass is 274 g/mol. The van der Waals surface area contributed by atoms with Gasteiger partial charge in [0.05, 0.1) is 0 Å². The van der Waals surface area contributed by atoms with Gasteiger partial charge in [-0.05, 0) is 67.2 Å². The van der Waals surface area contributed by atoms with E-state index in [9.17, 15) is 4.55 Å². The van der Waals surface area contributed by atoms with Gasteiger partial charge in [0.1, 0.15) is 4.75 Å². The molecule has 5 rings (SSSR count). The second kappa shape index (κ2) is 4.26. The predicted octanol–water partition coefficient (Wildman–Crippen LogP) is 4.07. The summed E-state index contributed by atoms with van der Waals surface area (Å²) in [6.07, 6.45) is 7.93. The highest BCUT2D eigenvalue weighted by atomic mass is 32.2. The van der Waals surface area contributed by atoms with Crippen molar-refractivity contribution in [3.63, 3.8) is 0 Å². The van der Waals surface area contributed by atoms with E-state index in [1.165, 1.54) is 44.1 Å². The molecule has 0 spiro atoms. The fourth-order valence-corrected chi connectivity index (χ4v) is 7.21. The van der Waals surface area contributed by atoms with E-state index in [0.29, 0.717) is 0 Å². The van der Waals surface area contributed by atoms with Crippen LogP contribution in [0.1, 0.15) is 44.1 Å². The number of benzene rings is 1. The molecule has 4 saturated carbocycles. The van der Waals surface area contributed by atoms with Crippen molar-refractivity contribution in [3.05, 3.63) is 29.8 Å². The summed E-state index contributed by atoms with van der Waals surface area (Å²) in [4.78, 5) is 1.06. The number of hydrogen-bond donors (Lipinski definition) is 0. The predicted molar refractivity (Wildman–Crippen MR) is 78.5 cm³/mol. The lowest BCUT2D eigenvalue weighted by Gasteiger charge is -2.55. The van der Waals surface area contributed by atoms with Crippen LogP contribution >= 0.6 is 0 Å². The highest BCUT2D eigenvalue weighted by Crippen LogP contribution is 2.59. The fourth-order valence-electron chi connectivity index (χ4n) is 5.17. The first-order valence-corrected chi connectivity index (χ1v) is 8.78. The summed E-state index contributed by atoms with van der Waals surface area (Å²) in [5, 5.41) is 0. The van der Waals surface area contributed by atoms with E-state index in [-0.39, 0.29) is 4.75 Å². The zero-order valence-corrected chi connectivity index (χ0v) is 12.4. The van der Waals surface area contributed by atoms with Crippen LogP contribution in [0.3, 0.4) is 0 Å². The smallest absolute Gasteiger partial charge is 0.153 e. The highest BCUT2D eigenvalue weighted by molar-refractivity contribution is 7.92. The SMILES string of the molecule is Cc1ccc([S+]([O-])C23CC4CC(CC(C4)C2)C3)cc1. The van der Waals surface area contributed by atoms with Crippen molar-refractivity contribution in [2.45, 2.75) is 55.1 Å². The fraction of sp³-hybridized carbons (Fsp3) is 0.647. The van der Waals surface area contributed by atoms with E-state index in [4.69, 9.17) is 0 Å². The Morgan fingerprint density at radius 3 is 1.89 bits per heavy atom. The first-order valence-electron chi connectivity index (χ1n) is 7.63. The Morgan fingerprint density at radius 2 is 1.42 bits per heavy atom. The molecule has 0 aromatic heterocycles. The van der Waals surface area contributed by atoms with E-state index in [2.05, 4.69) is 31.2 Å². The van der Waals surface area contributed by atoms with Crippen molar-refractivity contribution in [3.8, 4) is 0 Å². The second-order valence-corrected chi connectivity index (χ2v) is 9.06. The second-order valence-electron chi connectivity index (χ2n) is 7.18. The van der Waals surface area contributed by atoms with E-state index in [1.54, 1.807) is 0 Å². The molecule has 0 radical (unpaired) electrons. The van der Waals surface area contributed by atoms with Crippen LogP contribution in [0.15, 0.2) is 29.2 Å². The van der Waals surface area contributed by atoms with Gasteiger partial charge in [-0.25, -0.2) is 0 Å². The summed E-state index contributed by atoms with van der Waals surface area (Å²) in [6, 6.07) is 8.38. The summed E-state index contributed by atoms with van der Waals surface area (Å²) in [5.41, 5.74) is 1.26. The first kappa shape index (κ1) is 12.3. The maximum absolute atomic E-state index is 13.1. The van der Waals surface area contributed by atoms with Gasteiger partial charge in [-0.15, -0.1) is 0 Å². The first-order chi connectivity index (χ1) is 9.14. The third-order valence-corrected chi connectivity index (χ3v) is 7.60. The van der Waals surface area contributed by atoms with Crippen molar-refractivity contribution >= 4 is 11.2 Å². The largest absolute Gasteiger partial charge is 0.611 e. The zero-order valence-electron chi connectivity index (χ0n) is 11.6. The van der Waals surface area contributed by atoms with Gasteiger partial charge in [-0.3, -0.25) is 0 Å². The summed E-state index contributed by atoms with van der Waals surface area (Å²) in [5.74, 6) is 2.63. The van der Waals surface area contributed by atoms with Crippen LogP contribution in [0.4, 0.5) is 0 Å². The lowest BCUT2D eigenvalue weighted by Crippen LogP contribution is -2.54. The van der Waals surface area contributed by atoms with E-state index < -0.39 is 11.2 Å². The minimum Gasteiger partial charge on any atom is -0.611 e. The van der Waals surface area contributed by atoms with Crippen molar-refractivity contribution in [2.24, 2.45) is 17.8 Å². The van der Waals surface area contributed by atoms with Crippen LogP contribution in [0, 0.1) is 24.7 Å². The lowest BCUT2D eigenvalue weighted by molar-refractivity contribution is 0.0339. The van der Waals surface area contributed by atoms with Gasteiger partial charge in [0.2, 0.25) is 0 Å². The minimum atomic E-state index is -0.796. The van der Waals surface area contributed by atoms with Crippen molar-refractivity contribution in [1.82, 2.24) is 0 Å². The minimum absolute atomic E-state index is 0.129. The van der Waals surface area contributed by atoms with Crippen LogP contribution < -0.4 is 0 Å². The summed E-state index contributed by atoms with van der Waals surface area (Å²) in [6.45, 7) is 2.09. The Balaban J connectivity index is 1.65. The molecule has 1 atom stereocenters. The van der Waals surface area contributed by atoms with Crippen LogP contribution in [0.2, 0.25) is 0 Å². The van der Waals surface area contributed by atoms with Crippen LogP contribution in [-0.4, -0.2) is 9.30 Å². The molecular formula is C17H22OS. The Kier molecular flexibility index (Phi) is 2.75. The maximum atomic E-state index is 13.1. The normalized spacial score (nSPS) is 41.5. The Labute approximate surface area is 119 Å². The average molecular weight is 274 g/mol. The summed E-state index contributed by atoms with van der Waals surface area (Å²) >= 11 is -0.796. The molecule has 1 aromatic carbocycles. The van der Waals surface area contributed by atoms with Crippen molar-refractivity contribution in [1.29, 1.82) is 0 Å². The molecule has 0 saturated heterocycles. The number of aryl methyl sites for hydroxylation is 1. The van der Waals surface area contributed by atoms with Crippen molar-refractivity contribution < 1.29 is 4.55 Å². The molecule has 1 unspecified atom stereocenters. The molecule has 1 aromatic rings. The third kappa shape index (κ3) is 1.95. The molecule has 0 heterocycles. The summed E-state index contributed by atoms with van der Waals surface area (Å²) in [7, 11) is 0. The van der Waals surface area contributed by atoms with Crippen LogP contribution in [-0.2, 0) is 11.2 Å². The molecule has 0 aliphatic heterocycles. The molecule has 4 aliphatic rings. The number of hydrogen-bond acceptors (Lipinski definition) is 1. The van der Waals surface area contributed by atoms with E-state index in [0.717, 1.165) is 22.6 Å². The molecule has 2 heteroatoms. The lowest BCUT2D eigenvalue weighted by atomic mass is 9.56. The van der Waals surface area contributed by atoms with Gasteiger partial charge < -0.3 is 4.55 Å². The van der Waals surface area contributed by atoms with Gasteiger partial charge in [0.25, 0.3) is 0 Å². The van der Waals surface area contributed by atoms with Gasteiger partial charge >= 0.3 is 0 Å². The molecule has 4 fully saturated rings. The van der Waals surface area contributed by atoms with E-state index in [1.807, 2.05) is 0 Å². The molecule has 102 valence electrons. The van der Waals surface area contributed by atoms with Gasteiger partial charge in [0.15, 0.2) is 4.90 Å². The third-order valence-electron chi connectivity index (χ3n) is 5.61. The Hall–Kier alpha value is -0.470. The summed E-state index contributed by atoms with van der Waals surface area (Å²) < 4.78 is 13.2. The number of rotatable bonds is 2. The standard InChI is InChI=1S/C17H22OS/c1-12-2-4-16(5-3-12)19(18)17-9-13-6-14(10-17)8-15(7-13)11-17/h2-5,13-15H,6-11H2,1H3. The molecule has 0 amide bonds. The molecule has 0 N–H and O–H groups in total. The van der Waals surface area contributed by atoms with Crippen molar-refractivity contribution in [2.75, 3.05) is 0 Å². The molecule has 4 bridgehead atoms. The van der Waals surface area contributed by atoms with Gasteiger partial charge in [-0.2, -0.15) is 0 Å². The maximum Gasteiger partial charge on any atom is 0.153 e. The average Bonchev–Trinajstić information content (AvgIpc) is 2.37. The molecule has 4 aliphatic carbocycles.